The largest absolute Gasteiger partial charge is 0.524 e. The Morgan fingerprint density at radius 2 is 1.33 bits per heavy atom. The lowest BCUT2D eigenvalue weighted by molar-refractivity contribution is -0.346. The normalized spacial score (nSPS) is 15.0. The summed E-state index contributed by atoms with van der Waals surface area (Å²) in [5.41, 5.74) is 0. The highest BCUT2D eigenvalue weighted by Crippen LogP contribution is 2.48. The van der Waals surface area contributed by atoms with Gasteiger partial charge in [0.05, 0.1) is 0 Å². The van der Waals surface area contributed by atoms with Gasteiger partial charge in [0.1, 0.15) is 0 Å². The molecule has 0 aliphatic rings. The van der Waals surface area contributed by atoms with Gasteiger partial charge in [-0.2, -0.15) is 8.78 Å². The monoisotopic (exact) mass is 340 g/mol. The standard InChI is InChI=1S/C3Br2ClF5O/c4-1(5,2(6,7)8)12-3(9,10)11. The molecule has 12 heavy (non-hydrogen) atoms. The molecule has 0 aromatic carbocycles. The minimum Gasteiger partial charge on any atom is -0.255 e. The van der Waals surface area contributed by atoms with Gasteiger partial charge < -0.3 is 0 Å². The molecule has 0 bridgehead atoms. The first-order valence-electron chi connectivity index (χ1n) is 2.17. The molecule has 0 atom stereocenters. The number of alkyl halides is 8. The Kier molecular flexibility index (Phi) is 3.80. The van der Waals surface area contributed by atoms with E-state index in [1.54, 1.807) is 0 Å². The van der Waals surface area contributed by atoms with Crippen molar-refractivity contribution in [1.82, 2.24) is 0 Å². The summed E-state index contributed by atoms with van der Waals surface area (Å²) in [5, 5.41) is -4.23. The Balaban J connectivity index is 4.44. The molecule has 0 heterocycles. The summed E-state index contributed by atoms with van der Waals surface area (Å²) in [5.74, 6) is 0. The second-order valence-electron chi connectivity index (χ2n) is 1.56. The Morgan fingerprint density at radius 3 is 1.42 bits per heavy atom. The van der Waals surface area contributed by atoms with E-state index in [1.807, 2.05) is 31.9 Å². The smallest absolute Gasteiger partial charge is 0.255 e. The van der Waals surface area contributed by atoms with Crippen molar-refractivity contribution in [3.05, 3.63) is 0 Å². The molecule has 1 nitrogen and oxygen atoms in total. The van der Waals surface area contributed by atoms with Crippen LogP contribution in [0.5, 0.6) is 0 Å². The Hall–Kier alpha value is 0.860. The predicted octanol–water partition coefficient (Wildman–Crippen LogP) is 3.80. The highest BCUT2D eigenvalue weighted by Gasteiger charge is 2.56. The van der Waals surface area contributed by atoms with Crippen molar-refractivity contribution in [2.24, 2.45) is 0 Å². The quantitative estimate of drug-likeness (QED) is 0.548. The van der Waals surface area contributed by atoms with Gasteiger partial charge >= 0.3 is 11.7 Å². The van der Waals surface area contributed by atoms with Gasteiger partial charge in [0.2, 0.25) is 0 Å². The third-order valence-electron chi connectivity index (χ3n) is 0.574. The Labute approximate surface area is 85.4 Å². The van der Waals surface area contributed by atoms with E-state index in [4.69, 9.17) is 0 Å². The third kappa shape index (κ3) is 4.20. The van der Waals surface area contributed by atoms with Crippen LogP contribution in [0.15, 0.2) is 0 Å². The molecule has 0 saturated carbocycles. The molecule has 0 saturated heterocycles. The zero-order valence-electron chi connectivity index (χ0n) is 4.93. The van der Waals surface area contributed by atoms with Crippen LogP contribution in [0, 0.1) is 0 Å². The van der Waals surface area contributed by atoms with Gasteiger partial charge in [-0.25, -0.2) is 0 Å². The molecular weight excluding hydrogens is 342 g/mol. The van der Waals surface area contributed by atoms with Gasteiger partial charge in [0.25, 0.3) is 3.42 Å². The molecule has 9 heteroatoms. The maximum Gasteiger partial charge on any atom is 0.524 e. The van der Waals surface area contributed by atoms with Gasteiger partial charge in [0.15, 0.2) is 0 Å². The number of rotatable bonds is 2. The maximum atomic E-state index is 12.1. The fourth-order valence-electron chi connectivity index (χ4n) is 0.203. The van der Waals surface area contributed by atoms with Gasteiger partial charge in [-0.3, -0.25) is 4.74 Å². The van der Waals surface area contributed by atoms with Crippen LogP contribution >= 0.6 is 43.5 Å². The number of hydrogen-bond donors (Lipinski definition) is 0. The summed E-state index contributed by atoms with van der Waals surface area (Å²) in [4.78, 5) is 0. The van der Waals surface area contributed by atoms with Crippen LogP contribution in [0.2, 0.25) is 0 Å². The van der Waals surface area contributed by atoms with Crippen molar-refractivity contribution in [3.63, 3.8) is 0 Å². The van der Waals surface area contributed by atoms with E-state index < -0.39 is 15.2 Å². The van der Waals surface area contributed by atoms with Crippen molar-refractivity contribution in [3.8, 4) is 0 Å². The molecular formula is C3Br2ClF5O. The number of hydrogen-bond acceptors (Lipinski definition) is 1. The number of ether oxygens (including phenoxy) is 1. The van der Waals surface area contributed by atoms with Gasteiger partial charge in [0, 0.05) is 0 Å². The van der Waals surface area contributed by atoms with E-state index in [-0.39, 0.29) is 0 Å². The SMILES string of the molecule is FC(F)(F)OC(Br)(Br)C(F)(F)Cl. The van der Waals surface area contributed by atoms with Crippen molar-refractivity contribution in [2.75, 3.05) is 0 Å². The first-order valence-corrected chi connectivity index (χ1v) is 4.13. The molecule has 0 aliphatic heterocycles. The first-order chi connectivity index (χ1) is 4.96. The zero-order chi connectivity index (χ0) is 10.2. The topological polar surface area (TPSA) is 9.23 Å². The van der Waals surface area contributed by atoms with Crippen LogP contribution < -0.4 is 0 Å². The molecule has 0 fully saturated rings. The minimum absolute atomic E-state index is 1.93. The summed E-state index contributed by atoms with van der Waals surface area (Å²) in [6, 6.07) is 0. The van der Waals surface area contributed by atoms with E-state index in [2.05, 4.69) is 16.3 Å². The first kappa shape index (κ1) is 12.9. The lowest BCUT2D eigenvalue weighted by atomic mass is 10.7. The fourth-order valence-corrected chi connectivity index (χ4v) is 0.609. The predicted molar refractivity (Wildman–Crippen MR) is 38.5 cm³/mol. The van der Waals surface area contributed by atoms with Crippen molar-refractivity contribution in [2.45, 2.75) is 15.2 Å². The summed E-state index contributed by atoms with van der Waals surface area (Å²) in [7, 11) is 0. The third-order valence-corrected chi connectivity index (χ3v) is 2.62. The van der Waals surface area contributed by atoms with Crippen LogP contribution in [-0.4, -0.2) is 15.2 Å². The van der Waals surface area contributed by atoms with Gasteiger partial charge in [-0.15, -0.1) is 13.2 Å². The average Bonchev–Trinajstić information content (AvgIpc) is 1.52. The van der Waals surface area contributed by atoms with Gasteiger partial charge in [-0.1, -0.05) is 0 Å². The summed E-state index contributed by atoms with van der Waals surface area (Å²) in [6.07, 6.45) is -5.22. The molecule has 0 unspecified atom stereocenters. The zero-order valence-corrected chi connectivity index (χ0v) is 8.86. The average molecular weight is 342 g/mol. The summed E-state index contributed by atoms with van der Waals surface area (Å²) < 4.78 is 58.2. The lowest BCUT2D eigenvalue weighted by Gasteiger charge is -2.25. The summed E-state index contributed by atoms with van der Waals surface area (Å²) >= 11 is 8.14. The van der Waals surface area contributed by atoms with Crippen LogP contribution in [0.4, 0.5) is 22.0 Å². The number of halogens is 8. The van der Waals surface area contributed by atoms with Crippen molar-refractivity contribution >= 4 is 43.5 Å². The maximum absolute atomic E-state index is 12.1. The summed E-state index contributed by atoms with van der Waals surface area (Å²) in [6.45, 7) is 0. The molecule has 0 radical (unpaired) electrons. The van der Waals surface area contributed by atoms with E-state index >= 15 is 0 Å². The molecule has 0 amide bonds. The van der Waals surface area contributed by atoms with Crippen LogP contribution in [0.1, 0.15) is 0 Å². The molecule has 0 aliphatic carbocycles. The lowest BCUT2D eigenvalue weighted by Crippen LogP contribution is -2.39. The molecule has 0 aromatic rings. The van der Waals surface area contributed by atoms with E-state index in [1.165, 1.54) is 0 Å². The van der Waals surface area contributed by atoms with Crippen molar-refractivity contribution < 1.29 is 26.7 Å². The Bertz CT molecular complexity index is 163. The highest BCUT2D eigenvalue weighted by atomic mass is 79.9. The van der Waals surface area contributed by atoms with Crippen LogP contribution in [0.3, 0.4) is 0 Å². The highest BCUT2D eigenvalue weighted by molar-refractivity contribution is 9.25. The second-order valence-corrected chi connectivity index (χ2v) is 5.33. The molecule has 74 valence electrons. The van der Waals surface area contributed by atoms with Crippen LogP contribution in [-0.2, 0) is 4.74 Å². The van der Waals surface area contributed by atoms with Crippen LogP contribution in [0.25, 0.3) is 0 Å². The van der Waals surface area contributed by atoms with Gasteiger partial charge in [-0.05, 0) is 43.5 Å². The minimum atomic E-state index is -5.22. The molecule has 0 spiro atoms. The van der Waals surface area contributed by atoms with E-state index in [0.717, 1.165) is 0 Å². The molecule has 0 N–H and O–H groups in total. The molecule has 0 rings (SSSR count). The van der Waals surface area contributed by atoms with E-state index in [9.17, 15) is 22.0 Å². The second kappa shape index (κ2) is 3.55. The van der Waals surface area contributed by atoms with Crippen molar-refractivity contribution in [1.29, 1.82) is 0 Å². The van der Waals surface area contributed by atoms with E-state index in [0.29, 0.717) is 0 Å². The fraction of sp³-hybridized carbons (Fsp3) is 1.00. The Morgan fingerprint density at radius 1 is 1.00 bits per heavy atom. The molecule has 0 aromatic heterocycles.